The van der Waals surface area contributed by atoms with E-state index in [4.69, 9.17) is 10.5 Å². The van der Waals surface area contributed by atoms with Crippen LogP contribution in [0.2, 0.25) is 0 Å². The number of ether oxygens (including phenoxy) is 1. The normalized spacial score (nSPS) is 21.9. The minimum Gasteiger partial charge on any atom is -0.384 e. The average molecular weight is 234 g/mol. The van der Waals surface area contributed by atoms with Crippen LogP contribution in [0.5, 0.6) is 0 Å². The molecule has 0 bridgehead atoms. The first-order chi connectivity index (χ1) is 8.15. The number of hydrogen-bond acceptors (Lipinski definition) is 4. The van der Waals surface area contributed by atoms with Gasteiger partial charge >= 0.3 is 0 Å². The van der Waals surface area contributed by atoms with Crippen LogP contribution < -0.4 is 5.73 Å². The fourth-order valence-electron chi connectivity index (χ4n) is 2.10. The highest BCUT2D eigenvalue weighted by Crippen LogP contribution is 2.22. The van der Waals surface area contributed by atoms with Crippen molar-refractivity contribution < 1.29 is 4.74 Å². The van der Waals surface area contributed by atoms with E-state index in [1.54, 1.807) is 0 Å². The third kappa shape index (κ3) is 3.41. The molecule has 0 aliphatic carbocycles. The monoisotopic (exact) mass is 234 g/mol. The first-order valence-electron chi connectivity index (χ1n) is 5.99. The van der Waals surface area contributed by atoms with Crippen LogP contribution in [-0.2, 0) is 4.74 Å². The molecule has 17 heavy (non-hydrogen) atoms. The number of morpholine rings is 1. The van der Waals surface area contributed by atoms with Crippen molar-refractivity contribution in [1.82, 2.24) is 9.88 Å². The maximum absolute atomic E-state index is 5.78. The third-order valence-electron chi connectivity index (χ3n) is 2.87. The zero-order valence-corrected chi connectivity index (χ0v) is 10.5. The van der Waals surface area contributed by atoms with E-state index in [1.807, 2.05) is 18.3 Å². The number of anilines is 1. The summed E-state index contributed by atoms with van der Waals surface area (Å²) in [6.45, 7) is 8.08. The third-order valence-corrected chi connectivity index (χ3v) is 2.87. The van der Waals surface area contributed by atoms with Gasteiger partial charge in [0.25, 0.3) is 0 Å². The zero-order valence-electron chi connectivity index (χ0n) is 10.5. The van der Waals surface area contributed by atoms with Crippen LogP contribution in [-0.4, -0.2) is 36.1 Å². The number of aromatic nitrogens is 1. The molecule has 0 aromatic carbocycles. The van der Waals surface area contributed by atoms with Crippen molar-refractivity contribution in [2.45, 2.75) is 20.0 Å². The standard InChI is InChI=1S/C13H20N3O/c1-10(2)8-16-5-6-17-12(9-16)11-3-4-13(14)15-7-11/h3-4,7,12H,5-6,8-9H2,1-2H3,(H2,14,15)/t12-/m1/s1. The van der Waals surface area contributed by atoms with E-state index in [2.05, 4.69) is 23.7 Å². The Morgan fingerprint density at radius 2 is 2.35 bits per heavy atom. The lowest BCUT2D eigenvalue weighted by molar-refractivity contribution is -0.0284. The number of rotatable bonds is 3. The second-order valence-corrected chi connectivity index (χ2v) is 4.82. The van der Waals surface area contributed by atoms with Crippen molar-refractivity contribution >= 4 is 5.82 Å². The summed E-state index contributed by atoms with van der Waals surface area (Å²) in [7, 11) is 0. The quantitative estimate of drug-likeness (QED) is 0.864. The number of nitrogens with two attached hydrogens (primary N) is 1. The van der Waals surface area contributed by atoms with E-state index in [1.165, 1.54) is 5.92 Å². The van der Waals surface area contributed by atoms with E-state index >= 15 is 0 Å². The molecule has 1 atom stereocenters. The lowest BCUT2D eigenvalue weighted by Gasteiger charge is -2.33. The molecule has 1 aliphatic rings. The molecule has 1 aromatic heterocycles. The molecule has 1 radical (unpaired) electrons. The molecule has 0 saturated carbocycles. The summed E-state index contributed by atoms with van der Waals surface area (Å²) in [5.74, 6) is 1.99. The molecule has 0 spiro atoms. The predicted octanol–water partition coefficient (Wildman–Crippen LogP) is 1.65. The van der Waals surface area contributed by atoms with Gasteiger partial charge in [-0.1, -0.05) is 19.9 Å². The van der Waals surface area contributed by atoms with Crippen molar-refractivity contribution in [3.05, 3.63) is 29.8 Å². The van der Waals surface area contributed by atoms with Gasteiger partial charge < -0.3 is 10.5 Å². The van der Waals surface area contributed by atoms with Crippen molar-refractivity contribution in [1.29, 1.82) is 0 Å². The molecule has 2 N–H and O–H groups in total. The van der Waals surface area contributed by atoms with E-state index < -0.39 is 0 Å². The van der Waals surface area contributed by atoms with E-state index in [9.17, 15) is 0 Å². The molecule has 0 unspecified atom stereocenters. The zero-order chi connectivity index (χ0) is 12.3. The molecule has 1 aromatic rings. The molecule has 0 amide bonds. The summed E-state index contributed by atoms with van der Waals surface area (Å²) < 4.78 is 5.78. The number of hydrogen-bond donors (Lipinski definition) is 1. The van der Waals surface area contributed by atoms with Gasteiger partial charge in [-0.05, 0) is 12.0 Å². The highest BCUT2D eigenvalue weighted by Gasteiger charge is 2.22. The highest BCUT2D eigenvalue weighted by molar-refractivity contribution is 5.30. The Labute approximate surface area is 103 Å². The fourth-order valence-corrected chi connectivity index (χ4v) is 2.10. The number of pyridine rings is 1. The van der Waals surface area contributed by atoms with Crippen molar-refractivity contribution in [3.63, 3.8) is 0 Å². The molecule has 1 fully saturated rings. The molecule has 93 valence electrons. The molecular weight excluding hydrogens is 214 g/mol. The highest BCUT2D eigenvalue weighted by atomic mass is 16.5. The first-order valence-corrected chi connectivity index (χ1v) is 5.99. The van der Waals surface area contributed by atoms with Crippen LogP contribution >= 0.6 is 0 Å². The van der Waals surface area contributed by atoms with Crippen LogP contribution in [0.1, 0.15) is 25.5 Å². The summed E-state index contributed by atoms with van der Waals surface area (Å²) in [6.07, 6.45) is 1.93. The van der Waals surface area contributed by atoms with Crippen molar-refractivity contribution in [2.75, 3.05) is 32.0 Å². The van der Waals surface area contributed by atoms with Gasteiger partial charge in [0.2, 0.25) is 0 Å². The second kappa shape index (κ2) is 5.47. The van der Waals surface area contributed by atoms with Gasteiger partial charge in [-0.25, -0.2) is 4.98 Å². The lowest BCUT2D eigenvalue weighted by Crippen LogP contribution is -2.39. The summed E-state index contributed by atoms with van der Waals surface area (Å²) in [4.78, 5) is 6.53. The summed E-state index contributed by atoms with van der Waals surface area (Å²) in [6, 6.07) is 3.83. The molecule has 4 heteroatoms. The van der Waals surface area contributed by atoms with Gasteiger partial charge in [0.15, 0.2) is 0 Å². The number of nitrogens with zero attached hydrogens (tertiary/aromatic N) is 2. The van der Waals surface area contributed by atoms with Gasteiger partial charge in [0.1, 0.15) is 5.82 Å². The smallest absolute Gasteiger partial charge is 0.123 e. The minimum atomic E-state index is 0.121. The van der Waals surface area contributed by atoms with Gasteiger partial charge in [-0.15, -0.1) is 0 Å². The largest absolute Gasteiger partial charge is 0.384 e. The minimum absolute atomic E-state index is 0.121. The van der Waals surface area contributed by atoms with Crippen LogP contribution in [0.4, 0.5) is 5.82 Å². The fraction of sp³-hybridized carbons (Fsp3) is 0.538. The summed E-state index contributed by atoms with van der Waals surface area (Å²) in [5, 5.41) is 0. The van der Waals surface area contributed by atoms with E-state index in [-0.39, 0.29) is 6.10 Å². The van der Waals surface area contributed by atoms with Crippen LogP contribution in [0, 0.1) is 5.92 Å². The maximum atomic E-state index is 5.78. The number of nitrogen functional groups attached to an aromatic ring is 1. The molecule has 4 nitrogen and oxygen atoms in total. The second-order valence-electron chi connectivity index (χ2n) is 4.82. The maximum Gasteiger partial charge on any atom is 0.123 e. The summed E-state index contributed by atoms with van der Waals surface area (Å²) in [5.41, 5.74) is 6.69. The Bertz CT molecular complexity index is 350. The van der Waals surface area contributed by atoms with Gasteiger partial charge in [-0.3, -0.25) is 4.90 Å². The Morgan fingerprint density at radius 1 is 1.53 bits per heavy atom. The van der Waals surface area contributed by atoms with Crippen LogP contribution in [0.3, 0.4) is 0 Å². The van der Waals surface area contributed by atoms with Crippen LogP contribution in [0.15, 0.2) is 18.3 Å². The molecule has 1 aliphatic heterocycles. The average Bonchev–Trinajstić information content (AvgIpc) is 2.29. The van der Waals surface area contributed by atoms with Gasteiger partial charge in [0, 0.05) is 31.4 Å². The predicted molar refractivity (Wildman–Crippen MR) is 68.4 cm³/mol. The Kier molecular flexibility index (Phi) is 3.97. The SMILES string of the molecule is C[C](C)CN1CCO[C@@H](c2ccc(N)nc2)C1. The van der Waals surface area contributed by atoms with Crippen molar-refractivity contribution in [2.24, 2.45) is 0 Å². The molecular formula is C13H20N3O. The molecule has 1 saturated heterocycles. The van der Waals surface area contributed by atoms with E-state index in [0.717, 1.165) is 31.8 Å². The summed E-state index contributed by atoms with van der Waals surface area (Å²) >= 11 is 0. The molecule has 2 rings (SSSR count). The van der Waals surface area contributed by atoms with Crippen LogP contribution in [0.25, 0.3) is 0 Å². The van der Waals surface area contributed by atoms with Crippen molar-refractivity contribution in [3.8, 4) is 0 Å². The first kappa shape index (κ1) is 12.3. The molecule has 2 heterocycles. The topological polar surface area (TPSA) is 51.4 Å². The van der Waals surface area contributed by atoms with Gasteiger partial charge in [0.05, 0.1) is 12.7 Å². The Balaban J connectivity index is 1.99. The lowest BCUT2D eigenvalue weighted by atomic mass is 10.1. The van der Waals surface area contributed by atoms with E-state index in [0.29, 0.717) is 5.82 Å². The Morgan fingerprint density at radius 3 is 3.00 bits per heavy atom. The Hall–Kier alpha value is -1.13. The van der Waals surface area contributed by atoms with Gasteiger partial charge in [-0.2, -0.15) is 0 Å².